The summed E-state index contributed by atoms with van der Waals surface area (Å²) < 4.78 is 5.48. The van der Waals surface area contributed by atoms with Crippen LogP contribution in [0, 0.1) is 5.41 Å². The SMILES string of the molecule is C=CC1=CN2C(=O)C(COC(=O)C(C)(C)C)(NC(=O)C(=NOC)c3csc(N)n3)[C@@H]2SC1. The number of thioether (sulfide) groups is 1. The van der Waals surface area contributed by atoms with Crippen molar-refractivity contribution in [2.24, 2.45) is 10.6 Å². The molecule has 2 amide bonds. The van der Waals surface area contributed by atoms with Crippen molar-refractivity contribution in [2.75, 3.05) is 25.2 Å². The zero-order chi connectivity index (χ0) is 23.7. The first-order valence-corrected chi connectivity index (χ1v) is 11.6. The lowest BCUT2D eigenvalue weighted by atomic mass is 9.87. The van der Waals surface area contributed by atoms with Gasteiger partial charge in [-0.3, -0.25) is 14.4 Å². The molecular weight excluding hydrogens is 454 g/mol. The lowest BCUT2D eigenvalue weighted by Gasteiger charge is -2.55. The predicted octanol–water partition coefficient (Wildman–Crippen LogP) is 1.51. The molecule has 12 heteroatoms. The molecule has 2 aliphatic rings. The second-order valence-corrected chi connectivity index (χ2v) is 10.2. The van der Waals surface area contributed by atoms with E-state index in [4.69, 9.17) is 15.3 Å². The first kappa shape index (κ1) is 23.8. The number of anilines is 1. The fourth-order valence-electron chi connectivity index (χ4n) is 3.10. The number of fused-ring (bicyclic) bond motifs is 1. The van der Waals surface area contributed by atoms with Crippen LogP contribution < -0.4 is 11.1 Å². The summed E-state index contributed by atoms with van der Waals surface area (Å²) in [6, 6.07) is 0. The van der Waals surface area contributed by atoms with Crippen LogP contribution in [0.4, 0.5) is 5.13 Å². The largest absolute Gasteiger partial charge is 0.462 e. The summed E-state index contributed by atoms with van der Waals surface area (Å²) in [5.74, 6) is -1.00. The molecule has 1 aromatic rings. The molecule has 3 N–H and O–H groups in total. The number of thiazole rings is 1. The highest BCUT2D eigenvalue weighted by atomic mass is 32.2. The molecule has 0 bridgehead atoms. The Balaban J connectivity index is 1.91. The van der Waals surface area contributed by atoms with E-state index in [1.807, 2.05) is 0 Å². The second kappa shape index (κ2) is 8.94. The van der Waals surface area contributed by atoms with E-state index in [1.165, 1.54) is 23.8 Å². The number of ether oxygens (including phenoxy) is 1. The third kappa shape index (κ3) is 4.37. The van der Waals surface area contributed by atoms with Gasteiger partial charge in [0.1, 0.15) is 24.8 Å². The highest BCUT2D eigenvalue weighted by Crippen LogP contribution is 2.43. The minimum atomic E-state index is -1.47. The van der Waals surface area contributed by atoms with Gasteiger partial charge in [0, 0.05) is 17.3 Å². The summed E-state index contributed by atoms with van der Waals surface area (Å²) in [6.45, 7) is 8.54. The molecular formula is C20H25N5O5S2. The van der Waals surface area contributed by atoms with Crippen LogP contribution in [0.15, 0.2) is 35.0 Å². The van der Waals surface area contributed by atoms with Crippen LogP contribution in [0.2, 0.25) is 0 Å². The van der Waals surface area contributed by atoms with Crippen molar-refractivity contribution in [3.05, 3.63) is 35.5 Å². The number of nitrogens with zero attached hydrogens (tertiary/aromatic N) is 3. The van der Waals surface area contributed by atoms with Crippen molar-refractivity contribution in [1.29, 1.82) is 0 Å². The number of hydrogen-bond donors (Lipinski definition) is 2. The number of rotatable bonds is 7. The Morgan fingerprint density at radius 1 is 1.50 bits per heavy atom. The summed E-state index contributed by atoms with van der Waals surface area (Å²) in [7, 11) is 1.29. The highest BCUT2D eigenvalue weighted by molar-refractivity contribution is 8.00. The van der Waals surface area contributed by atoms with Crippen LogP contribution in [0.1, 0.15) is 26.5 Å². The quantitative estimate of drug-likeness (QED) is 0.260. The standard InChI is InChI=1S/C20H25N5O5S2/c1-6-11-7-25-15(27)20(16(25)31-8-11,10-30-17(28)19(2,3)4)23-14(26)13(24-29-5)12-9-32-18(21)22-12/h6-7,9,16H,1,8,10H2,2-5H3,(H2,21,22)(H,23,26)/t16-,20?/m0/s1. The number of β-lactam (4-membered cyclic amide) rings is 1. The maximum atomic E-state index is 13.2. The third-order valence-corrected chi connectivity index (χ3v) is 6.93. The Morgan fingerprint density at radius 3 is 2.78 bits per heavy atom. The Bertz CT molecular complexity index is 1010. The zero-order valence-electron chi connectivity index (χ0n) is 18.2. The topological polar surface area (TPSA) is 136 Å². The molecule has 0 aliphatic carbocycles. The van der Waals surface area contributed by atoms with E-state index < -0.39 is 34.1 Å². The van der Waals surface area contributed by atoms with E-state index in [1.54, 1.807) is 38.4 Å². The Morgan fingerprint density at radius 2 is 2.22 bits per heavy atom. The number of nitrogen functional groups attached to an aromatic ring is 1. The van der Waals surface area contributed by atoms with Crippen LogP contribution >= 0.6 is 23.1 Å². The molecule has 0 spiro atoms. The van der Waals surface area contributed by atoms with Gasteiger partial charge in [-0.2, -0.15) is 0 Å². The fourth-order valence-corrected chi connectivity index (χ4v) is 5.02. The molecule has 1 fully saturated rings. The molecule has 10 nitrogen and oxygen atoms in total. The molecule has 32 heavy (non-hydrogen) atoms. The number of hydrogen-bond acceptors (Lipinski definition) is 10. The maximum absolute atomic E-state index is 13.2. The molecule has 1 aromatic heterocycles. The highest BCUT2D eigenvalue weighted by Gasteiger charge is 2.64. The van der Waals surface area contributed by atoms with Crippen molar-refractivity contribution in [2.45, 2.75) is 31.7 Å². The number of oxime groups is 1. The van der Waals surface area contributed by atoms with Crippen LogP contribution in [0.5, 0.6) is 0 Å². The molecule has 1 saturated heterocycles. The number of aromatic nitrogens is 1. The van der Waals surface area contributed by atoms with Gasteiger partial charge in [-0.15, -0.1) is 23.1 Å². The van der Waals surface area contributed by atoms with Gasteiger partial charge in [0.15, 0.2) is 16.4 Å². The smallest absolute Gasteiger partial charge is 0.311 e. The average molecular weight is 480 g/mol. The van der Waals surface area contributed by atoms with Gasteiger partial charge >= 0.3 is 5.97 Å². The van der Waals surface area contributed by atoms with Crippen LogP contribution in [-0.2, 0) is 24.0 Å². The molecule has 3 heterocycles. The summed E-state index contributed by atoms with van der Waals surface area (Å²) in [6.07, 6.45) is 3.36. The van der Waals surface area contributed by atoms with E-state index in [0.29, 0.717) is 5.75 Å². The van der Waals surface area contributed by atoms with Gasteiger partial charge in [0.2, 0.25) is 0 Å². The molecule has 1 unspecified atom stereocenters. The van der Waals surface area contributed by atoms with Crippen molar-refractivity contribution in [3.8, 4) is 0 Å². The minimum Gasteiger partial charge on any atom is -0.462 e. The number of allylic oxidation sites excluding steroid dienone is 1. The third-order valence-electron chi connectivity index (χ3n) is 4.81. The lowest BCUT2D eigenvalue weighted by molar-refractivity contribution is -0.167. The summed E-state index contributed by atoms with van der Waals surface area (Å²) in [5, 5.41) is 7.85. The molecule has 2 atom stereocenters. The molecule has 2 aliphatic heterocycles. The predicted molar refractivity (Wildman–Crippen MR) is 123 cm³/mol. The molecule has 0 saturated carbocycles. The molecule has 0 radical (unpaired) electrons. The summed E-state index contributed by atoms with van der Waals surface area (Å²) in [5.41, 5.74) is 4.39. The first-order valence-electron chi connectivity index (χ1n) is 9.63. The fraction of sp³-hybridized carbons (Fsp3) is 0.450. The number of nitrogens with one attached hydrogen (secondary N) is 1. The van der Waals surface area contributed by atoms with E-state index in [2.05, 4.69) is 22.0 Å². The van der Waals surface area contributed by atoms with Crippen LogP contribution in [0.3, 0.4) is 0 Å². The van der Waals surface area contributed by atoms with Crippen molar-refractivity contribution in [3.63, 3.8) is 0 Å². The number of nitrogens with two attached hydrogens (primary N) is 1. The van der Waals surface area contributed by atoms with E-state index in [9.17, 15) is 14.4 Å². The molecule has 0 aromatic carbocycles. The van der Waals surface area contributed by atoms with E-state index in [0.717, 1.165) is 16.9 Å². The Hall–Kier alpha value is -2.86. The van der Waals surface area contributed by atoms with Gasteiger partial charge in [0.05, 0.1) is 5.41 Å². The number of esters is 1. The molecule has 3 rings (SSSR count). The van der Waals surface area contributed by atoms with Gasteiger partial charge in [-0.1, -0.05) is 17.8 Å². The van der Waals surface area contributed by atoms with Gasteiger partial charge in [-0.25, -0.2) is 4.98 Å². The van der Waals surface area contributed by atoms with Gasteiger partial charge < -0.3 is 25.5 Å². The van der Waals surface area contributed by atoms with Gasteiger partial charge in [-0.05, 0) is 26.3 Å². The maximum Gasteiger partial charge on any atom is 0.311 e. The Kier molecular flexibility index (Phi) is 6.65. The normalized spacial score (nSPS) is 22.9. The molecule has 172 valence electrons. The van der Waals surface area contributed by atoms with Crippen molar-refractivity contribution >= 4 is 51.7 Å². The van der Waals surface area contributed by atoms with Gasteiger partial charge in [0.25, 0.3) is 11.8 Å². The van der Waals surface area contributed by atoms with Crippen LogP contribution in [0.25, 0.3) is 0 Å². The number of carbonyl (C=O) groups is 3. The van der Waals surface area contributed by atoms with Crippen molar-refractivity contribution in [1.82, 2.24) is 15.2 Å². The number of amides is 2. The van der Waals surface area contributed by atoms with Crippen molar-refractivity contribution < 1.29 is 24.0 Å². The lowest BCUT2D eigenvalue weighted by Crippen LogP contribution is -2.80. The second-order valence-electron chi connectivity index (χ2n) is 8.23. The monoisotopic (exact) mass is 479 g/mol. The Labute approximate surface area is 193 Å². The number of carbonyl (C=O) groups excluding carboxylic acids is 3. The van der Waals surface area contributed by atoms with E-state index in [-0.39, 0.29) is 23.1 Å². The summed E-state index contributed by atoms with van der Waals surface area (Å²) >= 11 is 2.57. The first-order chi connectivity index (χ1) is 15.0. The van der Waals surface area contributed by atoms with Crippen LogP contribution in [-0.4, -0.2) is 63.8 Å². The summed E-state index contributed by atoms with van der Waals surface area (Å²) in [4.78, 5) is 49.2. The zero-order valence-corrected chi connectivity index (χ0v) is 19.8. The minimum absolute atomic E-state index is 0.142. The van der Waals surface area contributed by atoms with E-state index >= 15 is 0 Å². The average Bonchev–Trinajstić information content (AvgIpc) is 3.18.